The Hall–Kier alpha value is -2.63. The monoisotopic (exact) mass is 439 g/mol. The van der Waals surface area contributed by atoms with Gasteiger partial charge in [0.1, 0.15) is 17.2 Å². The standard InChI is InChI=1S/C21H15BrClN3O/c1-13-9-10-26-18(11-13)24-19(14-5-3-2-4-6-14)20(26)25-21(27)16-12-15(22)7-8-17(16)23/h2-12H,1H3,(H,25,27). The predicted octanol–water partition coefficient (Wildman–Crippen LogP) is 5.98. The van der Waals surface area contributed by atoms with Crippen LogP contribution < -0.4 is 5.32 Å². The molecule has 0 fully saturated rings. The molecule has 2 aromatic heterocycles. The molecule has 2 heterocycles. The molecule has 0 radical (unpaired) electrons. The van der Waals surface area contributed by atoms with Crippen LogP contribution in [0.5, 0.6) is 0 Å². The summed E-state index contributed by atoms with van der Waals surface area (Å²) in [7, 11) is 0. The van der Waals surface area contributed by atoms with Crippen LogP contribution in [0.25, 0.3) is 16.9 Å². The van der Waals surface area contributed by atoms with Crippen LogP contribution in [0.2, 0.25) is 5.02 Å². The van der Waals surface area contributed by atoms with E-state index in [9.17, 15) is 4.79 Å². The molecule has 0 aliphatic rings. The van der Waals surface area contributed by atoms with Gasteiger partial charge in [0.2, 0.25) is 0 Å². The van der Waals surface area contributed by atoms with Gasteiger partial charge in [0.25, 0.3) is 5.91 Å². The molecule has 1 N–H and O–H groups in total. The summed E-state index contributed by atoms with van der Waals surface area (Å²) in [6, 6.07) is 18.9. The van der Waals surface area contributed by atoms with Crippen LogP contribution in [0.15, 0.2) is 71.3 Å². The summed E-state index contributed by atoms with van der Waals surface area (Å²) in [6.45, 7) is 2.01. The molecule has 4 aromatic rings. The van der Waals surface area contributed by atoms with Crippen molar-refractivity contribution in [2.24, 2.45) is 0 Å². The van der Waals surface area contributed by atoms with E-state index in [1.165, 1.54) is 0 Å². The summed E-state index contributed by atoms with van der Waals surface area (Å²) in [5.74, 6) is 0.318. The van der Waals surface area contributed by atoms with E-state index in [-0.39, 0.29) is 5.91 Å². The fourth-order valence-electron chi connectivity index (χ4n) is 2.91. The Morgan fingerprint density at radius 1 is 1.11 bits per heavy atom. The molecule has 134 valence electrons. The number of imidazole rings is 1. The van der Waals surface area contributed by atoms with E-state index in [1.54, 1.807) is 18.2 Å². The van der Waals surface area contributed by atoms with Crippen molar-refractivity contribution < 1.29 is 4.79 Å². The zero-order valence-corrected chi connectivity index (χ0v) is 16.8. The summed E-state index contributed by atoms with van der Waals surface area (Å²) >= 11 is 9.61. The first-order chi connectivity index (χ1) is 13.0. The first-order valence-electron chi connectivity index (χ1n) is 8.33. The number of fused-ring (bicyclic) bond motifs is 1. The number of carbonyl (C=O) groups excluding carboxylic acids is 1. The Morgan fingerprint density at radius 3 is 2.67 bits per heavy atom. The van der Waals surface area contributed by atoms with Crippen LogP contribution in [0.1, 0.15) is 15.9 Å². The largest absolute Gasteiger partial charge is 0.306 e. The van der Waals surface area contributed by atoms with Crippen molar-refractivity contribution in [1.82, 2.24) is 9.38 Å². The smallest absolute Gasteiger partial charge is 0.258 e. The average molecular weight is 441 g/mol. The fourth-order valence-corrected chi connectivity index (χ4v) is 3.47. The van der Waals surface area contributed by atoms with Crippen molar-refractivity contribution >= 4 is 44.9 Å². The second-order valence-corrected chi connectivity index (χ2v) is 7.51. The van der Waals surface area contributed by atoms with Crippen LogP contribution >= 0.6 is 27.5 Å². The molecule has 0 bridgehead atoms. The van der Waals surface area contributed by atoms with Crippen molar-refractivity contribution in [3.63, 3.8) is 0 Å². The Bertz CT molecular complexity index is 1160. The van der Waals surface area contributed by atoms with Gasteiger partial charge in [0, 0.05) is 16.2 Å². The van der Waals surface area contributed by atoms with Gasteiger partial charge >= 0.3 is 0 Å². The highest BCUT2D eigenvalue weighted by Crippen LogP contribution is 2.30. The second kappa shape index (κ2) is 7.18. The Balaban J connectivity index is 1.85. The number of nitrogens with one attached hydrogen (secondary N) is 1. The van der Waals surface area contributed by atoms with Gasteiger partial charge in [-0.1, -0.05) is 57.9 Å². The third kappa shape index (κ3) is 3.48. The van der Waals surface area contributed by atoms with E-state index in [4.69, 9.17) is 16.6 Å². The average Bonchev–Trinajstić information content (AvgIpc) is 3.01. The maximum Gasteiger partial charge on any atom is 0.258 e. The molecule has 0 saturated carbocycles. The summed E-state index contributed by atoms with van der Waals surface area (Å²) in [4.78, 5) is 17.7. The van der Waals surface area contributed by atoms with Crippen LogP contribution in [-0.2, 0) is 0 Å². The number of hydrogen-bond donors (Lipinski definition) is 1. The lowest BCUT2D eigenvalue weighted by Crippen LogP contribution is -2.14. The maximum atomic E-state index is 12.9. The van der Waals surface area contributed by atoms with E-state index in [0.29, 0.717) is 22.1 Å². The van der Waals surface area contributed by atoms with Gasteiger partial charge in [0.15, 0.2) is 0 Å². The normalized spacial score (nSPS) is 10.9. The lowest BCUT2D eigenvalue weighted by atomic mass is 10.1. The number of nitrogens with zero attached hydrogens (tertiary/aromatic N) is 2. The summed E-state index contributed by atoms with van der Waals surface area (Å²) in [6.07, 6.45) is 1.90. The maximum absolute atomic E-state index is 12.9. The molecule has 0 unspecified atom stereocenters. The number of hydrogen-bond acceptors (Lipinski definition) is 2. The van der Waals surface area contributed by atoms with Gasteiger partial charge in [-0.05, 0) is 42.8 Å². The van der Waals surface area contributed by atoms with Crippen LogP contribution in [0.4, 0.5) is 5.82 Å². The number of anilines is 1. The van der Waals surface area contributed by atoms with Crippen LogP contribution in [-0.4, -0.2) is 15.3 Å². The second-order valence-electron chi connectivity index (χ2n) is 6.19. The molecule has 0 saturated heterocycles. The van der Waals surface area contributed by atoms with Gasteiger partial charge in [-0.25, -0.2) is 4.98 Å². The first kappa shape index (κ1) is 17.8. The molecule has 0 aliphatic heterocycles. The quantitative estimate of drug-likeness (QED) is 0.426. The van der Waals surface area contributed by atoms with Gasteiger partial charge in [-0.15, -0.1) is 0 Å². The molecule has 4 nitrogen and oxygen atoms in total. The zero-order chi connectivity index (χ0) is 19.0. The third-order valence-electron chi connectivity index (χ3n) is 4.23. The number of halogens is 2. The zero-order valence-electron chi connectivity index (χ0n) is 14.4. The topological polar surface area (TPSA) is 46.4 Å². The lowest BCUT2D eigenvalue weighted by molar-refractivity contribution is 0.102. The molecule has 6 heteroatoms. The number of pyridine rings is 1. The number of benzene rings is 2. The third-order valence-corrected chi connectivity index (χ3v) is 5.06. The number of aromatic nitrogens is 2. The van der Waals surface area contributed by atoms with Crippen molar-refractivity contribution in [2.75, 3.05) is 5.32 Å². The molecule has 0 atom stereocenters. The van der Waals surface area contributed by atoms with Crippen molar-refractivity contribution in [3.8, 4) is 11.3 Å². The van der Waals surface area contributed by atoms with E-state index in [0.717, 1.165) is 21.2 Å². The minimum Gasteiger partial charge on any atom is -0.306 e. The van der Waals surface area contributed by atoms with Crippen molar-refractivity contribution in [2.45, 2.75) is 6.92 Å². The van der Waals surface area contributed by atoms with Crippen molar-refractivity contribution in [3.05, 3.63) is 87.5 Å². The number of aryl methyl sites for hydroxylation is 1. The molecule has 0 aliphatic carbocycles. The fraction of sp³-hybridized carbons (Fsp3) is 0.0476. The summed E-state index contributed by atoms with van der Waals surface area (Å²) in [5, 5.41) is 3.38. The van der Waals surface area contributed by atoms with Crippen LogP contribution in [0, 0.1) is 6.92 Å². The summed E-state index contributed by atoms with van der Waals surface area (Å²) in [5.41, 5.74) is 3.90. The van der Waals surface area contributed by atoms with Crippen LogP contribution in [0.3, 0.4) is 0 Å². The van der Waals surface area contributed by atoms with E-state index < -0.39 is 0 Å². The van der Waals surface area contributed by atoms with Gasteiger partial charge in [-0.2, -0.15) is 0 Å². The highest BCUT2D eigenvalue weighted by atomic mass is 79.9. The molecule has 1 amide bonds. The molecule has 2 aromatic carbocycles. The van der Waals surface area contributed by atoms with Gasteiger partial charge in [0.05, 0.1) is 10.6 Å². The van der Waals surface area contributed by atoms with E-state index >= 15 is 0 Å². The SMILES string of the molecule is Cc1ccn2c(NC(=O)c3cc(Br)ccc3Cl)c(-c3ccccc3)nc2c1. The highest BCUT2D eigenvalue weighted by molar-refractivity contribution is 9.10. The molecule has 27 heavy (non-hydrogen) atoms. The minimum atomic E-state index is -0.291. The predicted molar refractivity (Wildman–Crippen MR) is 112 cm³/mol. The Kier molecular flexibility index (Phi) is 4.72. The molecule has 0 spiro atoms. The molecular formula is C21H15BrClN3O. The van der Waals surface area contributed by atoms with Gasteiger partial charge < -0.3 is 5.32 Å². The van der Waals surface area contributed by atoms with E-state index in [2.05, 4.69) is 21.2 Å². The van der Waals surface area contributed by atoms with E-state index in [1.807, 2.05) is 60.0 Å². The number of carbonyl (C=O) groups is 1. The van der Waals surface area contributed by atoms with Crippen molar-refractivity contribution in [1.29, 1.82) is 0 Å². The van der Waals surface area contributed by atoms with Gasteiger partial charge in [-0.3, -0.25) is 9.20 Å². The number of rotatable bonds is 3. The lowest BCUT2D eigenvalue weighted by Gasteiger charge is -2.09. The Morgan fingerprint density at radius 2 is 1.89 bits per heavy atom. The summed E-state index contributed by atoms with van der Waals surface area (Å²) < 4.78 is 2.66. The molecular weight excluding hydrogens is 426 g/mol. The molecule has 4 rings (SSSR count). The Labute approximate surface area is 169 Å². The minimum absolute atomic E-state index is 0.291. The number of amides is 1. The highest BCUT2D eigenvalue weighted by Gasteiger charge is 2.19. The first-order valence-corrected chi connectivity index (χ1v) is 9.50.